The fourth-order valence-electron chi connectivity index (χ4n) is 2.99. The van der Waals surface area contributed by atoms with Crippen LogP contribution in [-0.4, -0.2) is 0 Å². The Kier molecular flexibility index (Phi) is 5.17. The lowest BCUT2D eigenvalue weighted by molar-refractivity contribution is 0.349. The summed E-state index contributed by atoms with van der Waals surface area (Å²) in [6, 6.07) is 6.81. The maximum Gasteiger partial charge on any atom is 0.123 e. The summed E-state index contributed by atoms with van der Waals surface area (Å²) in [5.74, 6) is 1.23. The normalized spacial score (nSPS) is 23.7. The van der Waals surface area contributed by atoms with Crippen LogP contribution in [0.4, 0.5) is 4.39 Å². The number of benzene rings is 1. The van der Waals surface area contributed by atoms with Gasteiger partial charge in [0.1, 0.15) is 5.82 Å². The lowest BCUT2D eigenvalue weighted by atomic mass is 9.83. The number of hydrogen-bond acceptors (Lipinski definition) is 0. The van der Waals surface area contributed by atoms with Crippen molar-refractivity contribution in [1.82, 2.24) is 0 Å². The van der Waals surface area contributed by atoms with Gasteiger partial charge in [0.15, 0.2) is 0 Å². The van der Waals surface area contributed by atoms with E-state index in [1.807, 2.05) is 12.1 Å². The molecule has 0 aromatic heterocycles. The molecule has 0 bridgehead atoms. The van der Waals surface area contributed by atoms with E-state index in [9.17, 15) is 4.39 Å². The monoisotopic (exact) mass is 272 g/mol. The molecule has 0 aliphatic heterocycles. The third kappa shape index (κ3) is 3.82. The Labute approximate surface area is 122 Å². The molecule has 2 rings (SSSR count). The highest BCUT2D eigenvalue weighted by Gasteiger charge is 2.18. The molecular formula is C19H25F. The Hall–Kier alpha value is -1.37. The fraction of sp³-hybridized carbons (Fsp3) is 0.474. The van der Waals surface area contributed by atoms with Crippen LogP contribution in [0.25, 0.3) is 5.57 Å². The van der Waals surface area contributed by atoms with E-state index in [1.54, 1.807) is 0 Å². The van der Waals surface area contributed by atoms with Crippen molar-refractivity contribution >= 4 is 5.57 Å². The largest absolute Gasteiger partial charge is 0.207 e. The predicted octanol–water partition coefficient (Wildman–Crippen LogP) is 6.00. The molecular weight excluding hydrogens is 247 g/mol. The van der Waals surface area contributed by atoms with Crippen LogP contribution in [0.2, 0.25) is 0 Å². The first-order valence-electron chi connectivity index (χ1n) is 7.72. The molecule has 0 saturated heterocycles. The van der Waals surface area contributed by atoms with Crippen LogP contribution in [-0.2, 0) is 0 Å². The number of hydrogen-bond donors (Lipinski definition) is 0. The van der Waals surface area contributed by atoms with Crippen LogP contribution < -0.4 is 0 Å². The van der Waals surface area contributed by atoms with Gasteiger partial charge in [-0.2, -0.15) is 0 Å². The Morgan fingerprint density at radius 3 is 2.50 bits per heavy atom. The molecule has 0 saturated carbocycles. The van der Waals surface area contributed by atoms with E-state index in [0.29, 0.717) is 11.8 Å². The second-order valence-corrected chi connectivity index (χ2v) is 6.22. The lowest BCUT2D eigenvalue weighted by Crippen LogP contribution is -2.09. The average Bonchev–Trinajstić information content (AvgIpc) is 2.50. The van der Waals surface area contributed by atoms with E-state index in [4.69, 9.17) is 0 Å². The minimum atomic E-state index is -0.178. The topological polar surface area (TPSA) is 0 Å². The second kappa shape index (κ2) is 6.88. The molecule has 1 heteroatoms. The van der Waals surface area contributed by atoms with Gasteiger partial charge >= 0.3 is 0 Å². The molecule has 0 spiro atoms. The quantitative estimate of drug-likeness (QED) is 0.619. The summed E-state index contributed by atoms with van der Waals surface area (Å²) in [4.78, 5) is 0. The number of halogens is 1. The van der Waals surface area contributed by atoms with Crippen molar-refractivity contribution in [3.63, 3.8) is 0 Å². The van der Waals surface area contributed by atoms with Crippen molar-refractivity contribution in [2.75, 3.05) is 0 Å². The highest BCUT2D eigenvalue weighted by molar-refractivity contribution is 5.78. The molecule has 1 unspecified atom stereocenters. The number of allylic oxidation sites excluding steroid dienone is 3. The first kappa shape index (κ1) is 15.0. The molecule has 108 valence electrons. The van der Waals surface area contributed by atoms with Crippen LogP contribution in [0.1, 0.15) is 51.5 Å². The first-order valence-corrected chi connectivity index (χ1v) is 7.72. The van der Waals surface area contributed by atoms with Gasteiger partial charge in [-0.05, 0) is 66.4 Å². The van der Waals surface area contributed by atoms with Crippen LogP contribution in [0.5, 0.6) is 0 Å². The van der Waals surface area contributed by atoms with Gasteiger partial charge in [-0.15, -0.1) is 0 Å². The number of rotatable bonds is 2. The molecule has 0 fully saturated rings. The smallest absolute Gasteiger partial charge is 0.123 e. The minimum absolute atomic E-state index is 0.178. The van der Waals surface area contributed by atoms with Crippen LogP contribution >= 0.6 is 0 Å². The zero-order chi connectivity index (χ0) is 14.5. The maximum absolute atomic E-state index is 13.1. The molecule has 0 heterocycles. The van der Waals surface area contributed by atoms with Gasteiger partial charge < -0.3 is 0 Å². The Morgan fingerprint density at radius 1 is 1.15 bits per heavy atom. The molecule has 1 aromatic carbocycles. The molecule has 1 aliphatic carbocycles. The van der Waals surface area contributed by atoms with E-state index in [0.717, 1.165) is 18.4 Å². The summed E-state index contributed by atoms with van der Waals surface area (Å²) in [5.41, 5.74) is 3.52. The Morgan fingerprint density at radius 2 is 1.85 bits per heavy atom. The molecule has 0 amide bonds. The highest BCUT2D eigenvalue weighted by atomic mass is 19.1. The molecule has 1 aromatic rings. The van der Waals surface area contributed by atoms with E-state index in [2.05, 4.69) is 26.5 Å². The second-order valence-electron chi connectivity index (χ2n) is 6.22. The van der Waals surface area contributed by atoms with Gasteiger partial charge in [0, 0.05) is 0 Å². The van der Waals surface area contributed by atoms with Gasteiger partial charge in [0.05, 0.1) is 0 Å². The fourth-order valence-corrected chi connectivity index (χ4v) is 2.99. The van der Waals surface area contributed by atoms with Crippen molar-refractivity contribution in [3.05, 3.63) is 53.9 Å². The van der Waals surface area contributed by atoms with Gasteiger partial charge in [0.2, 0.25) is 0 Å². The summed E-state index contributed by atoms with van der Waals surface area (Å²) >= 11 is 0. The van der Waals surface area contributed by atoms with Gasteiger partial charge in [-0.25, -0.2) is 4.39 Å². The Balaban J connectivity index is 2.25. The van der Waals surface area contributed by atoms with E-state index < -0.39 is 0 Å². The molecule has 1 aliphatic rings. The van der Waals surface area contributed by atoms with Crippen molar-refractivity contribution < 1.29 is 4.39 Å². The summed E-state index contributed by atoms with van der Waals surface area (Å²) in [7, 11) is 0. The summed E-state index contributed by atoms with van der Waals surface area (Å²) in [5, 5.41) is 0. The lowest BCUT2D eigenvalue weighted by Gasteiger charge is -2.22. The van der Waals surface area contributed by atoms with Crippen LogP contribution in [0, 0.1) is 17.7 Å². The molecule has 0 N–H and O–H groups in total. The summed E-state index contributed by atoms with van der Waals surface area (Å²) in [6.07, 6.45) is 8.27. The van der Waals surface area contributed by atoms with Gasteiger partial charge in [-0.1, -0.05) is 45.1 Å². The van der Waals surface area contributed by atoms with Crippen molar-refractivity contribution in [1.29, 1.82) is 0 Å². The summed E-state index contributed by atoms with van der Waals surface area (Å²) in [6.45, 7) is 8.91. The van der Waals surface area contributed by atoms with E-state index in [1.165, 1.54) is 42.5 Å². The maximum atomic E-state index is 13.1. The average molecular weight is 272 g/mol. The SMILES string of the molecule is C=C1CC(C(C)C)CCCC/C=C\1c1ccc(F)cc1. The van der Waals surface area contributed by atoms with Crippen molar-refractivity contribution in [2.24, 2.45) is 11.8 Å². The van der Waals surface area contributed by atoms with Crippen LogP contribution in [0.15, 0.2) is 42.5 Å². The highest BCUT2D eigenvalue weighted by Crippen LogP contribution is 2.34. The van der Waals surface area contributed by atoms with Gasteiger partial charge in [0.25, 0.3) is 0 Å². The molecule has 0 nitrogen and oxygen atoms in total. The molecule has 1 atom stereocenters. The summed E-state index contributed by atoms with van der Waals surface area (Å²) < 4.78 is 13.1. The van der Waals surface area contributed by atoms with Crippen molar-refractivity contribution in [2.45, 2.75) is 46.0 Å². The van der Waals surface area contributed by atoms with Gasteiger partial charge in [-0.3, -0.25) is 0 Å². The minimum Gasteiger partial charge on any atom is -0.207 e. The first-order chi connectivity index (χ1) is 9.58. The molecule has 20 heavy (non-hydrogen) atoms. The van der Waals surface area contributed by atoms with E-state index >= 15 is 0 Å². The zero-order valence-electron chi connectivity index (χ0n) is 12.7. The van der Waals surface area contributed by atoms with Crippen LogP contribution in [0.3, 0.4) is 0 Å². The predicted molar refractivity (Wildman–Crippen MR) is 84.9 cm³/mol. The third-order valence-corrected chi connectivity index (χ3v) is 4.37. The Bertz CT molecular complexity index is 479. The van der Waals surface area contributed by atoms with E-state index in [-0.39, 0.29) is 5.82 Å². The zero-order valence-corrected chi connectivity index (χ0v) is 12.7. The third-order valence-electron chi connectivity index (χ3n) is 4.37. The molecule has 0 radical (unpaired) electrons. The standard InChI is InChI=1S/C19H25F/c1-14(2)17-7-5-4-6-8-19(15(3)13-17)16-9-11-18(20)12-10-16/h8-12,14,17H,3-7,13H2,1-2H3/b19-8+. The van der Waals surface area contributed by atoms with Crippen molar-refractivity contribution in [3.8, 4) is 0 Å².